The largest absolute Gasteiger partial charge is 0.308 e. The summed E-state index contributed by atoms with van der Waals surface area (Å²) in [6, 6.07) is 52.6. The van der Waals surface area contributed by atoms with E-state index in [2.05, 4.69) is 155 Å². The fourth-order valence-corrected chi connectivity index (χ4v) is 9.53. The van der Waals surface area contributed by atoms with Crippen molar-refractivity contribution < 1.29 is 0 Å². The Hall–Kier alpha value is -6.30. The summed E-state index contributed by atoms with van der Waals surface area (Å²) >= 11 is 1.78. The lowest BCUT2D eigenvalue weighted by Gasteiger charge is -2.11. The number of thiophene rings is 1. The molecule has 49 heavy (non-hydrogen) atoms. The monoisotopic (exact) mass is 640 g/mol. The second-order valence-electron chi connectivity index (χ2n) is 13.0. The molecule has 0 saturated carbocycles. The second-order valence-corrected chi connectivity index (χ2v) is 14.0. The lowest BCUT2D eigenvalue weighted by Crippen LogP contribution is -2.03. The van der Waals surface area contributed by atoms with Gasteiger partial charge in [0.15, 0.2) is 0 Å². The lowest BCUT2D eigenvalue weighted by molar-refractivity contribution is 1.02. The molecule has 0 amide bonds. The number of benzene rings is 7. The molecule has 0 fully saturated rings. The molecule has 5 aromatic heterocycles. The maximum atomic E-state index is 5.54. The van der Waals surface area contributed by atoms with Crippen molar-refractivity contribution in [1.29, 1.82) is 0 Å². The van der Waals surface area contributed by atoms with Gasteiger partial charge in [0, 0.05) is 48.0 Å². The van der Waals surface area contributed by atoms with Crippen LogP contribution in [0.4, 0.5) is 0 Å². The molecule has 5 heteroatoms. The van der Waals surface area contributed by atoms with Crippen LogP contribution < -0.4 is 0 Å². The second kappa shape index (κ2) is 9.19. The van der Waals surface area contributed by atoms with Gasteiger partial charge in [0.05, 0.1) is 43.5 Å². The molecule has 0 N–H and O–H groups in total. The first-order valence-corrected chi connectivity index (χ1v) is 17.4. The fourth-order valence-electron chi connectivity index (χ4n) is 8.38. The van der Waals surface area contributed by atoms with Crippen LogP contribution in [0.15, 0.2) is 146 Å². The lowest BCUT2D eigenvalue weighted by atomic mass is 10.0. The van der Waals surface area contributed by atoms with E-state index in [1.165, 1.54) is 64.3 Å². The van der Waals surface area contributed by atoms with Crippen LogP contribution in [0.3, 0.4) is 0 Å². The van der Waals surface area contributed by atoms with Crippen LogP contribution in [0.2, 0.25) is 0 Å². The molecule has 0 atom stereocenters. The van der Waals surface area contributed by atoms with Gasteiger partial charge in [-0.15, -0.1) is 11.3 Å². The molecular weight excluding hydrogens is 617 g/mol. The third-order valence-corrected chi connectivity index (χ3v) is 11.6. The van der Waals surface area contributed by atoms with Crippen LogP contribution in [-0.4, -0.2) is 18.9 Å². The van der Waals surface area contributed by atoms with Gasteiger partial charge in [-0.05, 0) is 47.2 Å². The Bertz CT molecular complexity index is 3340. The zero-order valence-electron chi connectivity index (χ0n) is 26.1. The highest BCUT2D eigenvalue weighted by Crippen LogP contribution is 2.47. The first-order chi connectivity index (χ1) is 24.3. The molecule has 0 unspecified atom stereocenters. The minimum atomic E-state index is 0.688. The van der Waals surface area contributed by atoms with E-state index in [-0.39, 0.29) is 0 Å². The average molecular weight is 641 g/mol. The third-order valence-electron chi connectivity index (χ3n) is 10.4. The molecule has 0 aliphatic heterocycles. The highest BCUT2D eigenvalue weighted by molar-refractivity contribution is 7.26. The Morgan fingerprint density at radius 1 is 0.469 bits per heavy atom. The number of rotatable bonds is 2. The number of para-hydroxylation sites is 3. The SMILES string of the molecule is c1ccc2cc(-c3nc(-n4c5ccccc5c5cc6c7ccccc7n7c8ccccc8c(c54)c67)nc4c3sc3ccccc34)ccc2c1. The standard InChI is InChI=1S/C44H24N4S/c1-2-12-26-23-27(22-21-25(26)11-1)39-43-40(31-16-6-10-20-37(31)49-43)46-44(45-39)48-35-18-8-4-14-29(35)33-24-32-28-13-3-7-17-34(28)47-36-19-9-5-15-30(36)38(41(32)47)42(33)48/h1-24H. The van der Waals surface area contributed by atoms with Crippen molar-refractivity contribution in [3.63, 3.8) is 0 Å². The van der Waals surface area contributed by atoms with E-state index >= 15 is 0 Å². The fraction of sp³-hybridized carbons (Fsp3) is 0. The van der Waals surface area contributed by atoms with E-state index < -0.39 is 0 Å². The summed E-state index contributed by atoms with van der Waals surface area (Å²) in [7, 11) is 0. The van der Waals surface area contributed by atoms with Crippen LogP contribution >= 0.6 is 11.3 Å². The predicted molar refractivity (Wildman–Crippen MR) is 207 cm³/mol. The number of hydrogen-bond donors (Lipinski definition) is 0. The van der Waals surface area contributed by atoms with Crippen molar-refractivity contribution in [3.05, 3.63) is 146 Å². The van der Waals surface area contributed by atoms with E-state index in [4.69, 9.17) is 9.97 Å². The van der Waals surface area contributed by atoms with Crippen molar-refractivity contribution in [2.24, 2.45) is 0 Å². The van der Waals surface area contributed by atoms with Crippen molar-refractivity contribution in [2.75, 3.05) is 0 Å². The van der Waals surface area contributed by atoms with E-state index in [1.807, 2.05) is 0 Å². The summed E-state index contributed by atoms with van der Waals surface area (Å²) in [4.78, 5) is 11.0. The molecule has 12 aromatic rings. The molecule has 226 valence electrons. The van der Waals surface area contributed by atoms with Crippen LogP contribution in [-0.2, 0) is 0 Å². The molecule has 12 rings (SSSR count). The van der Waals surface area contributed by atoms with Crippen LogP contribution in [0.1, 0.15) is 0 Å². The van der Waals surface area contributed by atoms with Gasteiger partial charge in [0.25, 0.3) is 0 Å². The van der Waals surface area contributed by atoms with Crippen molar-refractivity contribution in [1.82, 2.24) is 18.9 Å². The van der Waals surface area contributed by atoms with Crippen LogP contribution in [0.25, 0.3) is 108 Å². The zero-order chi connectivity index (χ0) is 31.8. The molecule has 4 nitrogen and oxygen atoms in total. The summed E-state index contributed by atoms with van der Waals surface area (Å²) in [5.74, 6) is 0.688. The minimum absolute atomic E-state index is 0.688. The van der Waals surface area contributed by atoms with Gasteiger partial charge in [0.1, 0.15) is 0 Å². The normalized spacial score (nSPS) is 12.5. The van der Waals surface area contributed by atoms with Crippen molar-refractivity contribution in [2.45, 2.75) is 0 Å². The summed E-state index contributed by atoms with van der Waals surface area (Å²) in [5, 5.41) is 11.0. The van der Waals surface area contributed by atoms with E-state index in [0.717, 1.165) is 37.9 Å². The number of aromatic nitrogens is 4. The van der Waals surface area contributed by atoms with Gasteiger partial charge in [-0.25, -0.2) is 9.97 Å². The smallest absolute Gasteiger partial charge is 0.235 e. The average Bonchev–Trinajstić information content (AvgIpc) is 3.89. The Morgan fingerprint density at radius 2 is 1.10 bits per heavy atom. The molecule has 5 heterocycles. The van der Waals surface area contributed by atoms with Crippen LogP contribution in [0, 0.1) is 0 Å². The molecule has 0 bridgehead atoms. The van der Waals surface area contributed by atoms with E-state index in [1.54, 1.807) is 11.3 Å². The zero-order valence-corrected chi connectivity index (χ0v) is 26.9. The molecular formula is C44H24N4S. The Labute approximate surface area is 283 Å². The van der Waals surface area contributed by atoms with Crippen molar-refractivity contribution in [3.8, 4) is 17.2 Å². The maximum absolute atomic E-state index is 5.54. The van der Waals surface area contributed by atoms with Gasteiger partial charge in [0.2, 0.25) is 5.95 Å². The summed E-state index contributed by atoms with van der Waals surface area (Å²) in [6.07, 6.45) is 0. The highest BCUT2D eigenvalue weighted by Gasteiger charge is 2.26. The van der Waals surface area contributed by atoms with Gasteiger partial charge >= 0.3 is 0 Å². The Balaban J connectivity index is 1.30. The van der Waals surface area contributed by atoms with Crippen molar-refractivity contribution >= 4 is 102 Å². The molecule has 0 aliphatic carbocycles. The molecule has 0 radical (unpaired) electrons. The Kier molecular flexibility index (Phi) is 4.83. The number of fused-ring (bicyclic) bond motifs is 14. The van der Waals surface area contributed by atoms with Gasteiger partial charge in [-0.2, -0.15) is 0 Å². The molecule has 0 aliphatic rings. The van der Waals surface area contributed by atoms with Gasteiger partial charge in [-0.1, -0.05) is 109 Å². The molecule has 7 aromatic carbocycles. The highest BCUT2D eigenvalue weighted by atomic mass is 32.1. The van der Waals surface area contributed by atoms with E-state index in [9.17, 15) is 0 Å². The topological polar surface area (TPSA) is 35.1 Å². The summed E-state index contributed by atoms with van der Waals surface area (Å²) in [5.41, 5.74) is 8.98. The third kappa shape index (κ3) is 3.27. The van der Waals surface area contributed by atoms with Gasteiger partial charge < -0.3 is 4.40 Å². The van der Waals surface area contributed by atoms with Gasteiger partial charge in [-0.3, -0.25) is 4.57 Å². The quantitative estimate of drug-likeness (QED) is 0.188. The van der Waals surface area contributed by atoms with E-state index in [0.29, 0.717) is 5.95 Å². The number of hydrogen-bond acceptors (Lipinski definition) is 3. The maximum Gasteiger partial charge on any atom is 0.235 e. The van der Waals surface area contributed by atoms with Crippen LogP contribution in [0.5, 0.6) is 0 Å². The predicted octanol–water partition coefficient (Wildman–Crippen LogP) is 11.9. The molecule has 0 spiro atoms. The first-order valence-electron chi connectivity index (χ1n) is 16.6. The summed E-state index contributed by atoms with van der Waals surface area (Å²) in [6.45, 7) is 0. The summed E-state index contributed by atoms with van der Waals surface area (Å²) < 4.78 is 7.11. The molecule has 0 saturated heterocycles. The first kappa shape index (κ1) is 25.7. The number of nitrogens with zero attached hydrogens (tertiary/aromatic N) is 4. The minimum Gasteiger partial charge on any atom is -0.308 e. The Morgan fingerprint density at radius 3 is 1.94 bits per heavy atom.